The number of hydrogen-bond donors (Lipinski definition) is 7. The van der Waals surface area contributed by atoms with E-state index in [1.54, 1.807) is 42.5 Å². The van der Waals surface area contributed by atoms with Crippen LogP contribution in [0.4, 0.5) is 0 Å². The third kappa shape index (κ3) is 12.6. The normalized spacial score (nSPS) is 13.3. The van der Waals surface area contributed by atoms with Crippen LogP contribution in [-0.2, 0) is 48.1 Å². The first kappa shape index (κ1) is 39.7. The minimum atomic E-state index is -1.44. The number of ether oxygens (including phenoxy) is 1. The van der Waals surface area contributed by atoms with Crippen LogP contribution < -0.4 is 38.2 Å². The molecular weight excluding hydrogens is 662 g/mol. The van der Waals surface area contributed by atoms with Crippen molar-refractivity contribution >= 4 is 29.6 Å². The van der Waals surface area contributed by atoms with Crippen LogP contribution in [0.25, 0.3) is 0 Å². The summed E-state index contributed by atoms with van der Waals surface area (Å²) in [5, 5.41) is 19.7. The van der Waals surface area contributed by atoms with E-state index in [0.717, 1.165) is 10.1 Å². The summed E-state index contributed by atoms with van der Waals surface area (Å²) >= 11 is 0. The van der Waals surface area contributed by atoms with Gasteiger partial charge in [0, 0.05) is 18.2 Å². The van der Waals surface area contributed by atoms with E-state index in [9.17, 15) is 38.7 Å². The zero-order valence-electron chi connectivity index (χ0n) is 28.9. The zero-order chi connectivity index (χ0) is 37.7. The summed E-state index contributed by atoms with van der Waals surface area (Å²) < 4.78 is 5.85. The molecule has 2 aromatic carbocycles. The molecule has 274 valence electrons. The van der Waals surface area contributed by atoms with Gasteiger partial charge in [0.05, 0.1) is 26.2 Å². The Hall–Kier alpha value is -5.77. The van der Waals surface area contributed by atoms with Crippen LogP contribution in [0.2, 0.25) is 0 Å². The molecule has 0 aliphatic heterocycles. The Morgan fingerprint density at radius 2 is 1.47 bits per heavy atom. The van der Waals surface area contributed by atoms with Crippen LogP contribution in [0.1, 0.15) is 37.0 Å². The van der Waals surface area contributed by atoms with Crippen molar-refractivity contribution < 1.29 is 33.8 Å². The molecule has 51 heavy (non-hydrogen) atoms. The predicted molar refractivity (Wildman–Crippen MR) is 186 cm³/mol. The third-order valence-corrected chi connectivity index (χ3v) is 7.80. The Kier molecular flexibility index (Phi) is 14.7. The number of carbonyl (C=O) groups excluding carboxylic acids is 5. The number of methoxy groups -OCH3 is 1. The maximum atomic E-state index is 13.5. The molecule has 0 unspecified atom stereocenters. The fourth-order valence-corrected chi connectivity index (χ4v) is 5.10. The van der Waals surface area contributed by atoms with Crippen LogP contribution in [0.3, 0.4) is 0 Å². The number of nitrogens with zero attached hydrogens (tertiary/aromatic N) is 1. The smallest absolute Gasteiger partial charge is 0.328 e. The zero-order valence-corrected chi connectivity index (χ0v) is 28.9. The van der Waals surface area contributed by atoms with Gasteiger partial charge < -0.3 is 36.8 Å². The van der Waals surface area contributed by atoms with Gasteiger partial charge in [0.1, 0.15) is 23.9 Å². The number of aromatic amines is 1. The SMILES string of the molecule is COC(=O)[C@H](CC(C)C)NC(=O)[C@H](Cn1cc(C)c(=O)[nH]c1=O)NC(=O)CNC(=O)[C@@H](Cc1ccccc1)NC(=O)[C@@H](N)Cc1ccc(O)cc1. The van der Waals surface area contributed by atoms with Gasteiger partial charge in [-0.25, -0.2) is 9.59 Å². The van der Waals surface area contributed by atoms with Crippen molar-refractivity contribution in [2.24, 2.45) is 11.7 Å². The van der Waals surface area contributed by atoms with Gasteiger partial charge in [-0.2, -0.15) is 0 Å². The second-order valence-electron chi connectivity index (χ2n) is 12.5. The molecular formula is C35H45N7O9. The van der Waals surface area contributed by atoms with Gasteiger partial charge >= 0.3 is 11.7 Å². The van der Waals surface area contributed by atoms with E-state index in [4.69, 9.17) is 10.5 Å². The molecule has 0 aliphatic rings. The first-order chi connectivity index (χ1) is 24.2. The number of aromatic nitrogens is 2. The molecule has 3 rings (SSSR count). The average molecular weight is 708 g/mol. The van der Waals surface area contributed by atoms with Gasteiger partial charge in [0.25, 0.3) is 5.56 Å². The third-order valence-electron chi connectivity index (χ3n) is 7.80. The molecule has 0 fully saturated rings. The van der Waals surface area contributed by atoms with Crippen LogP contribution >= 0.6 is 0 Å². The lowest BCUT2D eigenvalue weighted by atomic mass is 10.0. The van der Waals surface area contributed by atoms with Crippen molar-refractivity contribution in [1.29, 1.82) is 0 Å². The lowest BCUT2D eigenvalue weighted by Crippen LogP contribution is -2.57. The standard InChI is InChI=1S/C35H45N7O9/c1-20(2)14-27(34(49)51-4)40-33(48)28(19-42-18-21(3)30(45)41-35(42)50)38-29(44)17-37-32(47)26(16-22-8-6-5-7-9-22)39-31(46)25(36)15-23-10-12-24(43)13-11-23/h5-13,18,20,25-28,43H,14-17,19,36H2,1-4H3,(H,37,47)(H,38,44)(H,39,46)(H,40,48)(H,41,45,50)/t25-,26+,27-,28-/m0/s1. The highest BCUT2D eigenvalue weighted by Crippen LogP contribution is 2.12. The molecule has 0 bridgehead atoms. The molecule has 0 spiro atoms. The van der Waals surface area contributed by atoms with Crippen molar-refractivity contribution in [3.05, 3.63) is 98.3 Å². The van der Waals surface area contributed by atoms with E-state index in [0.29, 0.717) is 5.56 Å². The molecule has 4 amide bonds. The van der Waals surface area contributed by atoms with E-state index in [1.165, 1.54) is 32.4 Å². The van der Waals surface area contributed by atoms with Crippen LogP contribution in [0, 0.1) is 12.8 Å². The predicted octanol–water partition coefficient (Wildman–Crippen LogP) is -0.847. The topological polar surface area (TPSA) is 244 Å². The maximum Gasteiger partial charge on any atom is 0.328 e. The summed E-state index contributed by atoms with van der Waals surface area (Å²) in [7, 11) is 1.17. The number of phenols is 1. The van der Waals surface area contributed by atoms with Gasteiger partial charge in [-0.3, -0.25) is 33.5 Å². The maximum absolute atomic E-state index is 13.5. The summed E-state index contributed by atoms with van der Waals surface area (Å²) in [6.45, 7) is 4.07. The summed E-state index contributed by atoms with van der Waals surface area (Å²) in [5.74, 6) is -3.65. The van der Waals surface area contributed by atoms with E-state index in [1.807, 2.05) is 13.8 Å². The second kappa shape index (κ2) is 18.8. The lowest BCUT2D eigenvalue weighted by molar-refractivity contribution is -0.146. The highest BCUT2D eigenvalue weighted by atomic mass is 16.5. The van der Waals surface area contributed by atoms with Gasteiger partial charge in [0.15, 0.2) is 0 Å². The fourth-order valence-electron chi connectivity index (χ4n) is 5.10. The number of phenolic OH excluding ortho intramolecular Hbond substituents is 1. The summed E-state index contributed by atoms with van der Waals surface area (Å²) in [6.07, 6.45) is 1.64. The van der Waals surface area contributed by atoms with Gasteiger partial charge in [-0.1, -0.05) is 56.3 Å². The molecule has 0 saturated carbocycles. The molecule has 0 radical (unpaired) electrons. The molecule has 8 N–H and O–H groups in total. The number of benzene rings is 2. The average Bonchev–Trinajstić information content (AvgIpc) is 3.09. The molecule has 0 aliphatic carbocycles. The Morgan fingerprint density at radius 3 is 2.10 bits per heavy atom. The molecule has 1 heterocycles. The van der Waals surface area contributed by atoms with Crippen LogP contribution in [0.5, 0.6) is 5.75 Å². The minimum Gasteiger partial charge on any atom is -0.508 e. The lowest BCUT2D eigenvalue weighted by Gasteiger charge is -2.24. The van der Waals surface area contributed by atoms with Gasteiger partial charge in [-0.15, -0.1) is 0 Å². The number of esters is 1. The van der Waals surface area contributed by atoms with E-state index >= 15 is 0 Å². The number of nitrogens with one attached hydrogen (secondary N) is 5. The highest BCUT2D eigenvalue weighted by Gasteiger charge is 2.30. The Morgan fingerprint density at radius 1 is 0.843 bits per heavy atom. The van der Waals surface area contributed by atoms with Crippen LogP contribution in [-0.4, -0.2) is 82.1 Å². The first-order valence-electron chi connectivity index (χ1n) is 16.3. The van der Waals surface area contributed by atoms with Gasteiger partial charge in [-0.05, 0) is 48.9 Å². The number of carbonyl (C=O) groups is 5. The molecule has 16 nitrogen and oxygen atoms in total. The van der Waals surface area contributed by atoms with E-state index < -0.39 is 78.1 Å². The Labute approximate surface area is 294 Å². The number of hydrogen-bond acceptors (Lipinski definition) is 10. The molecule has 3 aromatic rings. The van der Waals surface area contributed by atoms with Crippen LogP contribution in [0.15, 0.2) is 70.4 Å². The minimum absolute atomic E-state index is 0.0196. The largest absolute Gasteiger partial charge is 0.508 e. The molecule has 1 aromatic heterocycles. The summed E-state index contributed by atoms with van der Waals surface area (Å²) in [4.78, 5) is 92.1. The summed E-state index contributed by atoms with van der Waals surface area (Å²) in [5.41, 5.74) is 6.26. The highest BCUT2D eigenvalue weighted by molar-refractivity contribution is 5.94. The number of H-pyrrole nitrogens is 1. The number of aromatic hydroxyl groups is 1. The van der Waals surface area contributed by atoms with Gasteiger partial charge in [0.2, 0.25) is 23.6 Å². The number of rotatable bonds is 17. The fraction of sp³-hybridized carbons (Fsp3) is 0.400. The number of aryl methyl sites for hydroxylation is 1. The quantitative estimate of drug-likeness (QED) is 0.0858. The number of amides is 4. The molecule has 0 saturated heterocycles. The first-order valence-corrected chi connectivity index (χ1v) is 16.3. The van der Waals surface area contributed by atoms with E-state index in [2.05, 4.69) is 26.3 Å². The monoisotopic (exact) mass is 707 g/mol. The van der Waals surface area contributed by atoms with Crippen molar-refractivity contribution in [2.75, 3.05) is 13.7 Å². The van der Waals surface area contributed by atoms with Crippen molar-refractivity contribution in [3.8, 4) is 5.75 Å². The molecule has 4 atom stereocenters. The second-order valence-corrected chi connectivity index (χ2v) is 12.5. The van der Waals surface area contributed by atoms with Crippen molar-refractivity contribution in [3.63, 3.8) is 0 Å². The van der Waals surface area contributed by atoms with Crippen molar-refractivity contribution in [2.45, 2.75) is 70.7 Å². The van der Waals surface area contributed by atoms with E-state index in [-0.39, 0.29) is 36.5 Å². The Balaban J connectivity index is 1.76. The number of nitrogens with two attached hydrogens (primary N) is 1. The summed E-state index contributed by atoms with van der Waals surface area (Å²) in [6, 6.07) is 10.4. The van der Waals surface area contributed by atoms with Crippen molar-refractivity contribution in [1.82, 2.24) is 30.8 Å². The molecule has 16 heteroatoms. The Bertz CT molecular complexity index is 1790.